The van der Waals surface area contributed by atoms with Gasteiger partial charge in [-0.1, -0.05) is 11.8 Å². The van der Waals surface area contributed by atoms with Crippen molar-refractivity contribution in [2.24, 2.45) is 0 Å². The van der Waals surface area contributed by atoms with Gasteiger partial charge >= 0.3 is 0 Å². The van der Waals surface area contributed by atoms with E-state index in [1.165, 1.54) is 0 Å². The molecule has 1 fully saturated rings. The molecule has 0 bridgehead atoms. The Labute approximate surface area is 88.6 Å². The minimum absolute atomic E-state index is 0.113. The van der Waals surface area contributed by atoms with Gasteiger partial charge in [-0.25, -0.2) is 0 Å². The highest BCUT2D eigenvalue weighted by atomic mass is 16.6. The normalized spacial score (nSPS) is 15.0. The average molecular weight is 204 g/mol. The van der Waals surface area contributed by atoms with E-state index in [1.54, 1.807) is 0 Å². The van der Waals surface area contributed by atoms with Crippen LogP contribution in [0.3, 0.4) is 0 Å². The maximum atomic E-state index is 8.53. The summed E-state index contributed by atoms with van der Waals surface area (Å²) in [6.45, 7) is 1.23. The lowest BCUT2D eigenvalue weighted by Crippen LogP contribution is -2.38. The van der Waals surface area contributed by atoms with Gasteiger partial charge in [0.2, 0.25) is 0 Å². The first kappa shape index (κ1) is 10.0. The quantitative estimate of drug-likeness (QED) is 0.724. The van der Waals surface area contributed by atoms with Crippen LogP contribution in [0.5, 0.6) is 5.75 Å². The number of rotatable bonds is 2. The van der Waals surface area contributed by atoms with E-state index < -0.39 is 0 Å². The summed E-state index contributed by atoms with van der Waals surface area (Å²) in [6.07, 6.45) is 0.194. The highest BCUT2D eigenvalue weighted by Crippen LogP contribution is 2.16. The van der Waals surface area contributed by atoms with Crippen LogP contribution < -0.4 is 4.74 Å². The first-order valence-electron chi connectivity index (χ1n) is 4.82. The minimum Gasteiger partial charge on any atom is -0.486 e. The standard InChI is InChI=1S/C12H12O3/c13-7-1-2-10-3-5-11(6-4-10)15-12-8-14-9-12/h3-6,12-13H,7-9H2. The zero-order chi connectivity index (χ0) is 10.5. The summed E-state index contributed by atoms with van der Waals surface area (Å²) in [5.41, 5.74) is 0.876. The van der Waals surface area contributed by atoms with Gasteiger partial charge in [0.15, 0.2) is 0 Å². The monoisotopic (exact) mass is 204 g/mol. The molecule has 0 aliphatic carbocycles. The largest absolute Gasteiger partial charge is 0.486 e. The van der Waals surface area contributed by atoms with Crippen molar-refractivity contribution in [1.29, 1.82) is 0 Å². The third-order valence-corrected chi connectivity index (χ3v) is 2.08. The summed E-state index contributed by atoms with van der Waals surface area (Å²) in [5.74, 6) is 6.25. The lowest BCUT2D eigenvalue weighted by Gasteiger charge is -2.26. The number of aliphatic hydroxyl groups is 1. The summed E-state index contributed by atoms with van der Waals surface area (Å²) in [7, 11) is 0. The van der Waals surface area contributed by atoms with Gasteiger partial charge in [0.1, 0.15) is 18.5 Å². The highest BCUT2D eigenvalue weighted by molar-refractivity contribution is 5.38. The summed E-state index contributed by atoms with van der Waals surface area (Å²) in [4.78, 5) is 0. The van der Waals surface area contributed by atoms with Crippen LogP contribution in [0.4, 0.5) is 0 Å². The van der Waals surface area contributed by atoms with Crippen molar-refractivity contribution in [2.75, 3.05) is 19.8 Å². The molecule has 0 radical (unpaired) electrons. The molecule has 2 rings (SSSR count). The first-order valence-corrected chi connectivity index (χ1v) is 4.82. The van der Waals surface area contributed by atoms with E-state index in [4.69, 9.17) is 14.6 Å². The van der Waals surface area contributed by atoms with E-state index in [2.05, 4.69) is 11.8 Å². The second-order valence-corrected chi connectivity index (χ2v) is 3.26. The van der Waals surface area contributed by atoms with Crippen LogP contribution in [0.2, 0.25) is 0 Å². The number of benzene rings is 1. The van der Waals surface area contributed by atoms with Crippen LogP contribution in [-0.2, 0) is 4.74 Å². The molecule has 78 valence electrons. The zero-order valence-electron chi connectivity index (χ0n) is 8.27. The molecule has 1 N–H and O–H groups in total. The zero-order valence-corrected chi connectivity index (χ0v) is 8.27. The smallest absolute Gasteiger partial charge is 0.145 e. The predicted octanol–water partition coefficient (Wildman–Crippen LogP) is 0.808. The Kier molecular flexibility index (Phi) is 3.23. The number of hydrogen-bond acceptors (Lipinski definition) is 3. The topological polar surface area (TPSA) is 38.7 Å². The third-order valence-electron chi connectivity index (χ3n) is 2.08. The van der Waals surface area contributed by atoms with Crippen LogP contribution in [0.15, 0.2) is 24.3 Å². The maximum absolute atomic E-state index is 8.53. The number of hydrogen-bond donors (Lipinski definition) is 1. The Morgan fingerprint density at radius 2 is 2.07 bits per heavy atom. The van der Waals surface area contributed by atoms with Crippen molar-refractivity contribution in [2.45, 2.75) is 6.10 Å². The third kappa shape index (κ3) is 2.72. The van der Waals surface area contributed by atoms with Crippen molar-refractivity contribution in [3.63, 3.8) is 0 Å². The highest BCUT2D eigenvalue weighted by Gasteiger charge is 2.19. The summed E-state index contributed by atoms with van der Waals surface area (Å²) >= 11 is 0. The van der Waals surface area contributed by atoms with Gasteiger partial charge in [0.05, 0.1) is 13.2 Å². The molecule has 1 aliphatic rings. The molecule has 0 atom stereocenters. The van der Waals surface area contributed by atoms with Gasteiger partial charge in [-0.2, -0.15) is 0 Å². The van der Waals surface area contributed by atoms with Crippen LogP contribution in [0, 0.1) is 11.8 Å². The fourth-order valence-corrected chi connectivity index (χ4v) is 1.23. The van der Waals surface area contributed by atoms with E-state index in [9.17, 15) is 0 Å². The molecule has 1 aromatic rings. The number of aliphatic hydroxyl groups excluding tert-OH is 1. The molecule has 1 saturated heterocycles. The molecule has 3 nitrogen and oxygen atoms in total. The predicted molar refractivity (Wildman–Crippen MR) is 55.6 cm³/mol. The van der Waals surface area contributed by atoms with E-state index in [1.807, 2.05) is 24.3 Å². The molecule has 1 aliphatic heterocycles. The summed E-state index contributed by atoms with van der Waals surface area (Å²) < 4.78 is 10.6. The van der Waals surface area contributed by atoms with Crippen molar-refractivity contribution < 1.29 is 14.6 Å². The minimum atomic E-state index is -0.113. The molecular formula is C12H12O3. The molecule has 0 unspecified atom stereocenters. The van der Waals surface area contributed by atoms with Crippen LogP contribution in [0.1, 0.15) is 5.56 Å². The Morgan fingerprint density at radius 3 is 2.60 bits per heavy atom. The Balaban J connectivity index is 1.96. The molecule has 0 amide bonds. The van der Waals surface area contributed by atoms with Crippen molar-refractivity contribution in [1.82, 2.24) is 0 Å². The van der Waals surface area contributed by atoms with Gasteiger partial charge in [-0.15, -0.1) is 0 Å². The van der Waals surface area contributed by atoms with E-state index in [-0.39, 0.29) is 12.7 Å². The van der Waals surface area contributed by atoms with Crippen molar-refractivity contribution >= 4 is 0 Å². The second kappa shape index (κ2) is 4.83. The van der Waals surface area contributed by atoms with E-state index in [0.29, 0.717) is 13.2 Å². The Hall–Kier alpha value is -1.50. The van der Waals surface area contributed by atoms with Gasteiger partial charge in [-0.05, 0) is 24.3 Å². The SMILES string of the molecule is OCC#Cc1ccc(OC2COC2)cc1. The van der Waals surface area contributed by atoms with Crippen LogP contribution in [0.25, 0.3) is 0 Å². The lowest BCUT2D eigenvalue weighted by atomic mass is 10.2. The fourth-order valence-electron chi connectivity index (χ4n) is 1.23. The van der Waals surface area contributed by atoms with Gasteiger partial charge in [-0.3, -0.25) is 0 Å². The Morgan fingerprint density at radius 1 is 1.33 bits per heavy atom. The second-order valence-electron chi connectivity index (χ2n) is 3.26. The fraction of sp³-hybridized carbons (Fsp3) is 0.333. The molecule has 3 heteroatoms. The molecule has 0 spiro atoms. The van der Waals surface area contributed by atoms with Gasteiger partial charge < -0.3 is 14.6 Å². The molecule has 15 heavy (non-hydrogen) atoms. The molecule has 1 heterocycles. The Bertz CT molecular complexity index is 368. The van der Waals surface area contributed by atoms with E-state index in [0.717, 1.165) is 11.3 Å². The summed E-state index contributed by atoms with van der Waals surface area (Å²) in [5, 5.41) is 8.53. The van der Waals surface area contributed by atoms with Crippen LogP contribution >= 0.6 is 0 Å². The van der Waals surface area contributed by atoms with Crippen LogP contribution in [-0.4, -0.2) is 31.0 Å². The van der Waals surface area contributed by atoms with E-state index >= 15 is 0 Å². The maximum Gasteiger partial charge on any atom is 0.145 e. The molecule has 0 aromatic heterocycles. The van der Waals surface area contributed by atoms with Gasteiger partial charge in [0, 0.05) is 5.56 Å². The van der Waals surface area contributed by atoms with Crippen molar-refractivity contribution in [3.05, 3.63) is 29.8 Å². The molecular weight excluding hydrogens is 192 g/mol. The average Bonchev–Trinajstić information content (AvgIpc) is 2.22. The summed E-state index contributed by atoms with van der Waals surface area (Å²) in [6, 6.07) is 7.49. The van der Waals surface area contributed by atoms with Gasteiger partial charge in [0.25, 0.3) is 0 Å². The lowest BCUT2D eigenvalue weighted by molar-refractivity contribution is -0.0796. The molecule has 0 saturated carbocycles. The number of ether oxygens (including phenoxy) is 2. The molecule has 1 aromatic carbocycles. The first-order chi connectivity index (χ1) is 7.38. The van der Waals surface area contributed by atoms with Crippen molar-refractivity contribution in [3.8, 4) is 17.6 Å².